The highest BCUT2D eigenvalue weighted by Gasteiger charge is 2.27. The molecule has 82 valence electrons. The molecule has 2 fully saturated rings. The SMILES string of the molecule is O=S1(=O)CCN(C2CCOCC2)CC1. The molecule has 0 bridgehead atoms. The molecule has 0 atom stereocenters. The molecule has 0 spiro atoms. The molecule has 0 aromatic rings. The lowest BCUT2D eigenvalue weighted by Crippen LogP contribution is -2.47. The van der Waals surface area contributed by atoms with Gasteiger partial charge in [-0.2, -0.15) is 0 Å². The molecule has 2 saturated heterocycles. The van der Waals surface area contributed by atoms with Gasteiger partial charge in [-0.1, -0.05) is 0 Å². The van der Waals surface area contributed by atoms with Crippen LogP contribution in [0.1, 0.15) is 12.8 Å². The van der Waals surface area contributed by atoms with Gasteiger partial charge in [-0.05, 0) is 12.8 Å². The quantitative estimate of drug-likeness (QED) is 0.617. The summed E-state index contributed by atoms with van der Waals surface area (Å²) in [5.74, 6) is 0.675. The first-order valence-electron chi connectivity index (χ1n) is 5.20. The Morgan fingerprint density at radius 1 is 1.07 bits per heavy atom. The van der Waals surface area contributed by atoms with Crippen molar-refractivity contribution in [3.05, 3.63) is 0 Å². The van der Waals surface area contributed by atoms with E-state index in [-0.39, 0.29) is 0 Å². The Morgan fingerprint density at radius 2 is 1.64 bits per heavy atom. The molecule has 4 nitrogen and oxygen atoms in total. The van der Waals surface area contributed by atoms with Gasteiger partial charge in [0.25, 0.3) is 0 Å². The van der Waals surface area contributed by atoms with Crippen molar-refractivity contribution in [1.29, 1.82) is 0 Å². The van der Waals surface area contributed by atoms with Gasteiger partial charge in [0, 0.05) is 32.3 Å². The van der Waals surface area contributed by atoms with E-state index < -0.39 is 9.84 Å². The van der Waals surface area contributed by atoms with Crippen molar-refractivity contribution >= 4 is 9.84 Å². The summed E-state index contributed by atoms with van der Waals surface area (Å²) < 4.78 is 27.7. The van der Waals surface area contributed by atoms with E-state index in [0.29, 0.717) is 30.6 Å². The number of ether oxygens (including phenoxy) is 1. The molecule has 0 amide bonds. The maximum Gasteiger partial charge on any atom is 0.152 e. The van der Waals surface area contributed by atoms with E-state index in [2.05, 4.69) is 4.90 Å². The Bertz CT molecular complexity index is 268. The van der Waals surface area contributed by atoms with E-state index in [4.69, 9.17) is 4.74 Å². The van der Waals surface area contributed by atoms with Crippen LogP contribution < -0.4 is 0 Å². The second kappa shape index (κ2) is 4.16. The highest BCUT2D eigenvalue weighted by Crippen LogP contribution is 2.16. The largest absolute Gasteiger partial charge is 0.381 e. The second-order valence-electron chi connectivity index (χ2n) is 4.03. The zero-order valence-corrected chi connectivity index (χ0v) is 9.13. The monoisotopic (exact) mass is 219 g/mol. The molecule has 0 radical (unpaired) electrons. The maximum absolute atomic E-state index is 11.2. The van der Waals surface area contributed by atoms with Crippen molar-refractivity contribution in [2.24, 2.45) is 0 Å². The minimum Gasteiger partial charge on any atom is -0.381 e. The van der Waals surface area contributed by atoms with Crippen molar-refractivity contribution in [2.45, 2.75) is 18.9 Å². The number of sulfone groups is 1. The minimum absolute atomic E-state index is 0.338. The molecule has 5 heteroatoms. The van der Waals surface area contributed by atoms with Crippen LogP contribution in [0.5, 0.6) is 0 Å². The highest BCUT2D eigenvalue weighted by atomic mass is 32.2. The normalized spacial score (nSPS) is 30.3. The van der Waals surface area contributed by atoms with Crippen molar-refractivity contribution in [2.75, 3.05) is 37.8 Å². The average Bonchev–Trinajstić information content (AvgIpc) is 2.19. The number of nitrogens with zero attached hydrogens (tertiary/aromatic N) is 1. The van der Waals surface area contributed by atoms with E-state index >= 15 is 0 Å². The molecule has 0 saturated carbocycles. The van der Waals surface area contributed by atoms with E-state index in [1.54, 1.807) is 0 Å². The Hall–Kier alpha value is -0.130. The van der Waals surface area contributed by atoms with Crippen LogP contribution in [0.4, 0.5) is 0 Å². The average molecular weight is 219 g/mol. The van der Waals surface area contributed by atoms with Gasteiger partial charge in [-0.3, -0.25) is 4.90 Å². The van der Waals surface area contributed by atoms with Crippen LogP contribution in [0.15, 0.2) is 0 Å². The van der Waals surface area contributed by atoms with E-state index in [0.717, 1.165) is 26.1 Å². The van der Waals surface area contributed by atoms with Crippen LogP contribution in [-0.2, 0) is 14.6 Å². The fourth-order valence-corrected chi connectivity index (χ4v) is 3.37. The Labute approximate surface area is 85.1 Å². The van der Waals surface area contributed by atoms with Crippen LogP contribution >= 0.6 is 0 Å². The van der Waals surface area contributed by atoms with Crippen LogP contribution in [0, 0.1) is 0 Å². The van der Waals surface area contributed by atoms with Gasteiger partial charge in [-0.15, -0.1) is 0 Å². The van der Waals surface area contributed by atoms with Crippen molar-refractivity contribution < 1.29 is 13.2 Å². The van der Waals surface area contributed by atoms with Crippen molar-refractivity contribution in [3.8, 4) is 0 Å². The summed E-state index contributed by atoms with van der Waals surface area (Å²) in [6.45, 7) is 3.09. The van der Waals surface area contributed by atoms with E-state index in [1.807, 2.05) is 0 Å². The van der Waals surface area contributed by atoms with Crippen LogP contribution in [0.3, 0.4) is 0 Å². The maximum atomic E-state index is 11.2. The molecule has 0 aromatic carbocycles. The third-order valence-corrected chi connectivity index (χ3v) is 4.70. The first kappa shape index (κ1) is 10.4. The smallest absolute Gasteiger partial charge is 0.152 e. The molecule has 2 aliphatic heterocycles. The van der Waals surface area contributed by atoms with Gasteiger partial charge < -0.3 is 4.74 Å². The van der Waals surface area contributed by atoms with Crippen molar-refractivity contribution in [3.63, 3.8) is 0 Å². The van der Waals surface area contributed by atoms with Gasteiger partial charge in [0.2, 0.25) is 0 Å². The molecule has 0 N–H and O–H groups in total. The van der Waals surface area contributed by atoms with Crippen molar-refractivity contribution in [1.82, 2.24) is 4.90 Å². The van der Waals surface area contributed by atoms with Gasteiger partial charge >= 0.3 is 0 Å². The summed E-state index contributed by atoms with van der Waals surface area (Å²) >= 11 is 0. The predicted octanol–water partition coefficient (Wildman–Crippen LogP) is -0.104. The summed E-state index contributed by atoms with van der Waals surface area (Å²) in [5.41, 5.74) is 0. The third kappa shape index (κ3) is 2.46. The van der Waals surface area contributed by atoms with Crippen LogP contribution in [0.2, 0.25) is 0 Å². The lowest BCUT2D eigenvalue weighted by molar-refractivity contribution is 0.0371. The number of hydrogen-bond donors (Lipinski definition) is 0. The summed E-state index contributed by atoms with van der Waals surface area (Å²) in [4.78, 5) is 2.31. The van der Waals surface area contributed by atoms with E-state index in [9.17, 15) is 8.42 Å². The Morgan fingerprint density at radius 3 is 2.21 bits per heavy atom. The van der Waals surface area contributed by atoms with Gasteiger partial charge in [0.05, 0.1) is 11.5 Å². The third-order valence-electron chi connectivity index (χ3n) is 3.09. The molecule has 2 aliphatic rings. The summed E-state index contributed by atoms with van der Waals surface area (Å²) in [7, 11) is -2.73. The van der Waals surface area contributed by atoms with Gasteiger partial charge in [0.1, 0.15) is 0 Å². The predicted molar refractivity (Wildman–Crippen MR) is 54.1 cm³/mol. The fraction of sp³-hybridized carbons (Fsp3) is 1.00. The standard InChI is InChI=1S/C9H17NO3S/c11-14(12)7-3-10(4-8-14)9-1-5-13-6-2-9/h9H,1-8H2. The first-order chi connectivity index (χ1) is 6.67. The fourth-order valence-electron chi connectivity index (χ4n) is 2.14. The summed E-state index contributed by atoms with van der Waals surface area (Å²) in [6.07, 6.45) is 2.11. The Kier molecular flexibility index (Phi) is 3.09. The highest BCUT2D eigenvalue weighted by molar-refractivity contribution is 7.91. The van der Waals surface area contributed by atoms with Gasteiger partial charge in [0.15, 0.2) is 9.84 Å². The van der Waals surface area contributed by atoms with Crippen LogP contribution in [-0.4, -0.2) is 57.2 Å². The molecule has 2 heterocycles. The molecule has 2 rings (SSSR count). The molecule has 0 aliphatic carbocycles. The molecule has 0 aromatic heterocycles. The summed E-state index contributed by atoms with van der Waals surface area (Å²) in [6, 6.07) is 0.555. The van der Waals surface area contributed by atoms with E-state index in [1.165, 1.54) is 0 Å². The number of rotatable bonds is 1. The first-order valence-corrected chi connectivity index (χ1v) is 7.02. The zero-order valence-electron chi connectivity index (χ0n) is 8.31. The summed E-state index contributed by atoms with van der Waals surface area (Å²) in [5, 5.41) is 0. The lowest BCUT2D eigenvalue weighted by atomic mass is 10.1. The minimum atomic E-state index is -2.73. The molecular formula is C9H17NO3S. The molecule has 14 heavy (non-hydrogen) atoms. The molecule has 0 unspecified atom stereocenters. The number of hydrogen-bond acceptors (Lipinski definition) is 4. The molecular weight excluding hydrogens is 202 g/mol. The topological polar surface area (TPSA) is 46.6 Å². The second-order valence-corrected chi connectivity index (χ2v) is 6.33. The lowest BCUT2D eigenvalue weighted by Gasteiger charge is -2.36. The zero-order chi connectivity index (χ0) is 10.0. The van der Waals surface area contributed by atoms with Gasteiger partial charge in [-0.25, -0.2) is 8.42 Å². The Balaban J connectivity index is 1.88. The van der Waals surface area contributed by atoms with Crippen LogP contribution in [0.25, 0.3) is 0 Å².